The predicted molar refractivity (Wildman–Crippen MR) is 71.8 cm³/mol. The summed E-state index contributed by atoms with van der Waals surface area (Å²) in [7, 11) is -1.07. The van der Waals surface area contributed by atoms with Gasteiger partial charge in [0.1, 0.15) is 16.9 Å². The molecule has 0 aliphatic rings. The zero-order chi connectivity index (χ0) is 14.6. The Hall–Kier alpha value is -1.54. The molecule has 1 rings (SSSR count). The average molecular weight is 306 g/mol. The predicted octanol–water partition coefficient (Wildman–Crippen LogP) is 1.14. The van der Waals surface area contributed by atoms with Crippen molar-refractivity contribution in [3.05, 3.63) is 33.1 Å². The molecule has 2 unspecified atom stereocenters. The summed E-state index contributed by atoms with van der Waals surface area (Å²) in [5, 5.41) is 13.3. The minimum absolute atomic E-state index is 0.0116. The van der Waals surface area contributed by atoms with Gasteiger partial charge in [-0.05, 0) is 13.0 Å². The molecule has 1 aromatic heterocycles. The third-order valence-corrected chi connectivity index (χ3v) is 3.33. The van der Waals surface area contributed by atoms with Gasteiger partial charge in [-0.1, -0.05) is 11.6 Å². The van der Waals surface area contributed by atoms with E-state index in [0.29, 0.717) is 0 Å². The smallest absolute Gasteiger partial charge is 0.300 e. The normalized spacial score (nSPS) is 13.6. The van der Waals surface area contributed by atoms with E-state index >= 15 is 0 Å². The third kappa shape index (κ3) is 4.56. The highest BCUT2D eigenvalue weighted by molar-refractivity contribution is 7.84. The monoisotopic (exact) mass is 305 g/mol. The van der Waals surface area contributed by atoms with Crippen molar-refractivity contribution >= 4 is 34.0 Å². The van der Waals surface area contributed by atoms with Crippen LogP contribution >= 0.6 is 11.6 Å². The quantitative estimate of drug-likeness (QED) is 0.499. The van der Waals surface area contributed by atoms with Gasteiger partial charge in [-0.3, -0.25) is 19.1 Å². The van der Waals surface area contributed by atoms with E-state index in [1.165, 1.54) is 6.26 Å². The maximum absolute atomic E-state index is 11.9. The molecule has 1 aromatic rings. The number of pyridine rings is 1. The molecule has 7 nitrogen and oxygen atoms in total. The molecule has 0 bridgehead atoms. The van der Waals surface area contributed by atoms with Crippen molar-refractivity contribution in [1.29, 1.82) is 0 Å². The van der Waals surface area contributed by atoms with E-state index in [1.807, 2.05) is 0 Å². The molecule has 0 aliphatic heterocycles. The van der Waals surface area contributed by atoms with Crippen LogP contribution in [0, 0.1) is 10.1 Å². The van der Waals surface area contributed by atoms with Gasteiger partial charge in [0.05, 0.1) is 4.92 Å². The Balaban J connectivity index is 2.95. The molecule has 1 N–H and O–H groups in total. The summed E-state index contributed by atoms with van der Waals surface area (Å²) in [6, 6.07) is 0.759. The van der Waals surface area contributed by atoms with Crippen LogP contribution in [0.1, 0.15) is 17.3 Å². The molecule has 0 radical (unpaired) electrons. The Labute approximate surface area is 117 Å². The first-order valence-electron chi connectivity index (χ1n) is 5.22. The standard InChI is InChI=1S/C10H12ClN3O4S/c1-6(5-19(2)18)13-10(15)7-3-9(11)12-4-8(7)14(16)17/h3-4,6H,5H2,1-2H3,(H,13,15). The van der Waals surface area contributed by atoms with E-state index < -0.39 is 27.3 Å². The second-order valence-corrected chi connectivity index (χ2v) is 5.76. The molecule has 104 valence electrons. The van der Waals surface area contributed by atoms with Crippen LogP contribution in [0.2, 0.25) is 5.15 Å². The van der Waals surface area contributed by atoms with E-state index in [1.54, 1.807) is 6.92 Å². The highest BCUT2D eigenvalue weighted by Gasteiger charge is 2.22. The fourth-order valence-corrected chi connectivity index (χ4v) is 2.39. The Morgan fingerprint density at radius 3 is 2.84 bits per heavy atom. The Kier molecular flexibility index (Phi) is 5.37. The lowest BCUT2D eigenvalue weighted by Gasteiger charge is -2.12. The zero-order valence-electron chi connectivity index (χ0n) is 10.3. The van der Waals surface area contributed by atoms with Crippen LogP contribution in [0.15, 0.2) is 12.3 Å². The van der Waals surface area contributed by atoms with E-state index in [0.717, 1.165) is 12.3 Å². The topological polar surface area (TPSA) is 102 Å². The first-order chi connectivity index (χ1) is 8.81. The summed E-state index contributed by atoms with van der Waals surface area (Å²) in [5.41, 5.74) is -0.592. The molecule has 0 saturated carbocycles. The maximum atomic E-state index is 11.9. The van der Waals surface area contributed by atoms with Crippen molar-refractivity contribution in [3.63, 3.8) is 0 Å². The lowest BCUT2D eigenvalue weighted by atomic mass is 10.2. The first kappa shape index (κ1) is 15.5. The minimum atomic E-state index is -1.07. The van der Waals surface area contributed by atoms with Crippen LogP contribution in [-0.4, -0.2) is 38.1 Å². The van der Waals surface area contributed by atoms with Crippen LogP contribution in [0.3, 0.4) is 0 Å². The average Bonchev–Trinajstić information content (AvgIpc) is 2.26. The van der Waals surface area contributed by atoms with Gasteiger partial charge in [0.2, 0.25) is 0 Å². The Morgan fingerprint density at radius 1 is 1.68 bits per heavy atom. The number of hydrogen-bond donors (Lipinski definition) is 1. The Bertz CT molecular complexity index is 538. The van der Waals surface area contributed by atoms with E-state index in [-0.39, 0.29) is 22.5 Å². The highest BCUT2D eigenvalue weighted by atomic mass is 35.5. The third-order valence-electron chi connectivity index (χ3n) is 2.15. The number of halogens is 1. The van der Waals surface area contributed by atoms with Crippen LogP contribution in [-0.2, 0) is 10.8 Å². The number of carbonyl (C=O) groups is 1. The van der Waals surface area contributed by atoms with Gasteiger partial charge in [0, 0.05) is 28.9 Å². The fourth-order valence-electron chi connectivity index (χ4n) is 1.45. The fraction of sp³-hybridized carbons (Fsp3) is 0.400. The lowest BCUT2D eigenvalue weighted by molar-refractivity contribution is -0.385. The van der Waals surface area contributed by atoms with Gasteiger partial charge in [-0.15, -0.1) is 0 Å². The van der Waals surface area contributed by atoms with Gasteiger partial charge >= 0.3 is 0 Å². The summed E-state index contributed by atoms with van der Waals surface area (Å²) in [4.78, 5) is 25.6. The van der Waals surface area contributed by atoms with Crippen molar-refractivity contribution in [2.45, 2.75) is 13.0 Å². The van der Waals surface area contributed by atoms with E-state index in [9.17, 15) is 19.1 Å². The van der Waals surface area contributed by atoms with Gasteiger partial charge in [0.25, 0.3) is 11.6 Å². The first-order valence-corrected chi connectivity index (χ1v) is 7.32. The largest absolute Gasteiger partial charge is 0.348 e. The number of nitro groups is 1. The number of aromatic nitrogens is 1. The molecular weight excluding hydrogens is 294 g/mol. The zero-order valence-corrected chi connectivity index (χ0v) is 11.8. The minimum Gasteiger partial charge on any atom is -0.348 e. The van der Waals surface area contributed by atoms with Crippen molar-refractivity contribution in [2.75, 3.05) is 12.0 Å². The highest BCUT2D eigenvalue weighted by Crippen LogP contribution is 2.20. The summed E-state index contributed by atoms with van der Waals surface area (Å²) >= 11 is 5.62. The molecule has 0 aromatic carbocycles. The lowest BCUT2D eigenvalue weighted by Crippen LogP contribution is -2.36. The molecule has 0 aliphatic carbocycles. The molecule has 0 fully saturated rings. The SMILES string of the molecule is CC(CS(C)=O)NC(=O)c1cc(Cl)ncc1[N+](=O)[O-]. The van der Waals surface area contributed by atoms with Crippen LogP contribution in [0.25, 0.3) is 0 Å². The van der Waals surface area contributed by atoms with Crippen molar-refractivity contribution in [2.24, 2.45) is 0 Å². The summed E-state index contributed by atoms with van der Waals surface area (Å²) < 4.78 is 11.0. The number of nitrogens with one attached hydrogen (secondary N) is 1. The summed E-state index contributed by atoms with van der Waals surface area (Å²) in [5.74, 6) is -0.382. The summed E-state index contributed by atoms with van der Waals surface area (Å²) in [6.45, 7) is 1.66. The number of nitrogens with zero attached hydrogens (tertiary/aromatic N) is 2. The van der Waals surface area contributed by atoms with Gasteiger partial charge in [0.15, 0.2) is 0 Å². The number of amides is 1. The van der Waals surface area contributed by atoms with Crippen molar-refractivity contribution in [3.8, 4) is 0 Å². The van der Waals surface area contributed by atoms with Gasteiger partial charge < -0.3 is 5.32 Å². The molecule has 9 heteroatoms. The van der Waals surface area contributed by atoms with Crippen LogP contribution < -0.4 is 5.32 Å². The molecule has 19 heavy (non-hydrogen) atoms. The molecular formula is C10H12ClN3O4S. The van der Waals surface area contributed by atoms with Crippen molar-refractivity contribution < 1.29 is 13.9 Å². The summed E-state index contributed by atoms with van der Waals surface area (Å²) in [6.07, 6.45) is 2.44. The van der Waals surface area contributed by atoms with E-state index in [4.69, 9.17) is 11.6 Å². The number of rotatable bonds is 5. The number of carbonyl (C=O) groups excluding carboxylic acids is 1. The molecule has 1 amide bonds. The van der Waals surface area contributed by atoms with Crippen LogP contribution in [0.5, 0.6) is 0 Å². The molecule has 1 heterocycles. The van der Waals surface area contributed by atoms with Gasteiger partial charge in [-0.25, -0.2) is 4.98 Å². The van der Waals surface area contributed by atoms with Crippen LogP contribution in [0.4, 0.5) is 5.69 Å². The number of hydrogen-bond acceptors (Lipinski definition) is 5. The van der Waals surface area contributed by atoms with Gasteiger partial charge in [-0.2, -0.15) is 0 Å². The second kappa shape index (κ2) is 6.58. The molecule has 0 spiro atoms. The molecule has 0 saturated heterocycles. The van der Waals surface area contributed by atoms with Crippen molar-refractivity contribution in [1.82, 2.24) is 10.3 Å². The Morgan fingerprint density at radius 2 is 2.32 bits per heavy atom. The second-order valence-electron chi connectivity index (χ2n) is 3.90. The maximum Gasteiger partial charge on any atom is 0.300 e. The molecule has 2 atom stereocenters. The van der Waals surface area contributed by atoms with E-state index in [2.05, 4.69) is 10.3 Å².